The number of benzene rings is 2. The monoisotopic (exact) mass is 547 g/mol. The van der Waals surface area contributed by atoms with E-state index < -0.39 is 36.3 Å². The van der Waals surface area contributed by atoms with Crippen LogP contribution in [0.4, 0.5) is 14.6 Å². The Balaban J connectivity index is 1.55. The molecule has 3 aromatic rings. The van der Waals surface area contributed by atoms with E-state index in [4.69, 9.17) is 7.10 Å². The van der Waals surface area contributed by atoms with Crippen molar-refractivity contribution in [3.63, 3.8) is 0 Å². The molecular weight excluding hydrogens is 522 g/mol. The number of carbonyl (C=O) groups excluding carboxylic acids is 1. The molecule has 0 radical (unpaired) electrons. The fraction of sp³-hybridized carbons (Fsp3) is 0.320. The van der Waals surface area contributed by atoms with E-state index in [1.54, 1.807) is 12.3 Å². The van der Waals surface area contributed by atoms with Crippen LogP contribution in [-0.4, -0.2) is 38.8 Å². The van der Waals surface area contributed by atoms with Crippen molar-refractivity contribution in [1.82, 2.24) is 15.3 Å². The van der Waals surface area contributed by atoms with E-state index in [0.717, 1.165) is 6.07 Å². The number of aromatic nitrogens is 2. The van der Waals surface area contributed by atoms with Gasteiger partial charge in [-0.05, 0) is 61.6 Å². The zero-order valence-corrected chi connectivity index (χ0v) is 20.2. The Labute approximate surface area is 211 Å². The van der Waals surface area contributed by atoms with E-state index in [1.165, 1.54) is 24.3 Å². The average Bonchev–Trinajstić information content (AvgIpc) is 2.82. The van der Waals surface area contributed by atoms with Crippen LogP contribution in [0.15, 0.2) is 47.1 Å². The molecule has 7 nitrogen and oxygen atoms in total. The Morgan fingerprint density at radius 2 is 1.97 bits per heavy atom. The molecule has 0 bridgehead atoms. The molecular formula is C25H25BrF2N4O3. The topological polar surface area (TPSA) is 121 Å². The van der Waals surface area contributed by atoms with Crippen LogP contribution in [0.1, 0.15) is 60.6 Å². The smallest absolute Gasteiger partial charge is 0.254 e. The highest BCUT2D eigenvalue weighted by atomic mass is 79.9. The van der Waals surface area contributed by atoms with Gasteiger partial charge in [0.2, 0.25) is 0 Å². The Kier molecular flexibility index (Phi) is 7.31. The summed E-state index contributed by atoms with van der Waals surface area (Å²) in [6.07, 6.45) is 1.90. The van der Waals surface area contributed by atoms with Crippen molar-refractivity contribution in [3.8, 4) is 11.3 Å². The first-order chi connectivity index (χ1) is 17.1. The van der Waals surface area contributed by atoms with Crippen LogP contribution < -0.4 is 11.1 Å². The van der Waals surface area contributed by atoms with Gasteiger partial charge < -0.3 is 21.3 Å². The van der Waals surface area contributed by atoms with Gasteiger partial charge in [-0.2, -0.15) is 0 Å². The summed E-state index contributed by atoms with van der Waals surface area (Å²) in [7, 11) is 0. The fourth-order valence-electron chi connectivity index (χ4n) is 4.16. The maximum absolute atomic E-state index is 15.0. The highest BCUT2D eigenvalue weighted by molar-refractivity contribution is 9.10. The number of anilines is 1. The summed E-state index contributed by atoms with van der Waals surface area (Å²) in [4.78, 5) is 21.5. The van der Waals surface area contributed by atoms with Gasteiger partial charge >= 0.3 is 0 Å². The highest BCUT2D eigenvalue weighted by Crippen LogP contribution is 2.34. The lowest BCUT2D eigenvalue weighted by atomic mass is 9.85. The van der Waals surface area contributed by atoms with Crippen molar-refractivity contribution in [1.29, 1.82) is 0 Å². The third-order valence-corrected chi connectivity index (χ3v) is 6.52. The molecule has 1 aliphatic rings. The van der Waals surface area contributed by atoms with Gasteiger partial charge in [0.25, 0.3) is 5.91 Å². The molecule has 1 atom stereocenters. The maximum Gasteiger partial charge on any atom is 0.254 e. The standard InChI is InChI=1S/C25H25BrF2N4O3/c26-16-7-15(8-17(27)10-16)22(12-33)32-25(35)19-6-3-14(9-20(19)28)23-24(29)30-11-21(31-23)13-1-4-18(34)5-2-13/h3,6-11,13,18,22,33-34H,1-2,4-5,12H2,(H2,29,30)(H,32,35)/i18D. The van der Waals surface area contributed by atoms with E-state index in [-0.39, 0.29) is 23.0 Å². The molecule has 0 spiro atoms. The Bertz CT molecular complexity index is 1260. The van der Waals surface area contributed by atoms with Crippen molar-refractivity contribution in [2.75, 3.05) is 12.3 Å². The van der Waals surface area contributed by atoms with Gasteiger partial charge in [-0.1, -0.05) is 22.0 Å². The maximum atomic E-state index is 15.0. The predicted molar refractivity (Wildman–Crippen MR) is 130 cm³/mol. The zero-order chi connectivity index (χ0) is 26.0. The lowest BCUT2D eigenvalue weighted by molar-refractivity contribution is 0.0912. The van der Waals surface area contributed by atoms with Gasteiger partial charge in [0.05, 0.1) is 37.6 Å². The third-order valence-electron chi connectivity index (χ3n) is 6.06. The molecule has 10 heteroatoms. The van der Waals surface area contributed by atoms with Gasteiger partial charge in [-0.3, -0.25) is 4.79 Å². The largest absolute Gasteiger partial charge is 0.394 e. The zero-order valence-electron chi connectivity index (χ0n) is 19.6. The molecule has 0 aliphatic heterocycles. The molecule has 1 amide bonds. The number of carbonyl (C=O) groups is 1. The Morgan fingerprint density at radius 1 is 1.23 bits per heavy atom. The SMILES string of the molecule is [2H]C1(O)CCC(c2cnc(N)c(-c3ccc(C(=O)NC(CO)c4cc(F)cc(Br)c4)c(F)c3)n2)CC1. The molecule has 1 heterocycles. The number of hydrogen-bond donors (Lipinski definition) is 4. The number of halogens is 3. The fourth-order valence-corrected chi connectivity index (χ4v) is 4.64. The number of nitrogens with two attached hydrogens (primary N) is 1. The van der Waals surface area contributed by atoms with Gasteiger partial charge in [0.1, 0.15) is 23.1 Å². The minimum absolute atomic E-state index is 0.00403. The number of nitrogens with zero attached hydrogens (tertiary/aromatic N) is 2. The number of hydrogen-bond acceptors (Lipinski definition) is 6. The van der Waals surface area contributed by atoms with E-state index in [0.29, 0.717) is 47.0 Å². The van der Waals surface area contributed by atoms with E-state index in [2.05, 4.69) is 31.2 Å². The summed E-state index contributed by atoms with van der Waals surface area (Å²) in [5.41, 5.74) is 7.30. The lowest BCUT2D eigenvalue weighted by Crippen LogP contribution is -2.31. The summed E-state index contributed by atoms with van der Waals surface area (Å²) in [5.74, 6) is -2.06. The number of nitrogens with one attached hydrogen (secondary N) is 1. The summed E-state index contributed by atoms with van der Waals surface area (Å²) < 4.78 is 37.0. The number of rotatable bonds is 6. The number of aliphatic hydroxyl groups excluding tert-OH is 1. The molecule has 2 aromatic carbocycles. The van der Waals surface area contributed by atoms with Crippen LogP contribution >= 0.6 is 15.9 Å². The molecule has 0 saturated heterocycles. The molecule has 184 valence electrons. The summed E-state index contributed by atoms with van der Waals surface area (Å²) in [6, 6.07) is 6.94. The number of nitrogen functional groups attached to an aromatic ring is 1. The molecule has 1 aromatic heterocycles. The molecule has 5 N–H and O–H groups in total. The van der Waals surface area contributed by atoms with Crippen LogP contribution in [0.5, 0.6) is 0 Å². The minimum Gasteiger partial charge on any atom is -0.394 e. The average molecular weight is 548 g/mol. The molecule has 1 unspecified atom stereocenters. The van der Waals surface area contributed by atoms with E-state index >= 15 is 4.39 Å². The second kappa shape index (κ2) is 10.8. The highest BCUT2D eigenvalue weighted by Gasteiger charge is 2.24. The first-order valence-corrected chi connectivity index (χ1v) is 11.9. The van der Waals surface area contributed by atoms with Crippen LogP contribution in [0, 0.1) is 11.6 Å². The summed E-state index contributed by atoms with van der Waals surface area (Å²) in [5, 5.41) is 22.1. The Morgan fingerprint density at radius 3 is 2.63 bits per heavy atom. The lowest BCUT2D eigenvalue weighted by Gasteiger charge is -2.25. The van der Waals surface area contributed by atoms with E-state index in [1.807, 2.05) is 0 Å². The van der Waals surface area contributed by atoms with Crippen molar-refractivity contribution in [2.24, 2.45) is 0 Å². The van der Waals surface area contributed by atoms with Crippen molar-refractivity contribution in [3.05, 3.63) is 75.5 Å². The molecule has 4 rings (SSSR count). The van der Waals surface area contributed by atoms with Crippen molar-refractivity contribution < 1.29 is 25.2 Å². The van der Waals surface area contributed by atoms with Crippen LogP contribution in [0.2, 0.25) is 0 Å². The summed E-state index contributed by atoms with van der Waals surface area (Å²) in [6.45, 7) is -0.515. The molecule has 35 heavy (non-hydrogen) atoms. The molecule has 1 aliphatic carbocycles. The Hall–Kier alpha value is -2.95. The quantitative estimate of drug-likeness (QED) is 0.366. The van der Waals surface area contributed by atoms with Crippen molar-refractivity contribution in [2.45, 2.75) is 43.7 Å². The van der Waals surface area contributed by atoms with Crippen LogP contribution in [0.3, 0.4) is 0 Å². The van der Waals surface area contributed by atoms with Crippen molar-refractivity contribution >= 4 is 27.7 Å². The van der Waals surface area contributed by atoms with Gasteiger partial charge in [0, 0.05) is 16.0 Å². The van der Waals surface area contributed by atoms with Gasteiger partial charge in [0.15, 0.2) is 0 Å². The van der Waals surface area contributed by atoms with Gasteiger partial charge in [-0.15, -0.1) is 0 Å². The predicted octanol–water partition coefficient (Wildman–Crippen LogP) is 4.25. The molecule has 1 saturated carbocycles. The number of amides is 1. The second-order valence-electron chi connectivity index (χ2n) is 8.48. The van der Waals surface area contributed by atoms with E-state index in [9.17, 15) is 19.4 Å². The normalized spacial score (nSPS) is 21.3. The number of aliphatic hydroxyl groups is 2. The minimum atomic E-state index is -1.43. The second-order valence-corrected chi connectivity index (χ2v) is 9.39. The first-order valence-electron chi connectivity index (χ1n) is 11.6. The van der Waals surface area contributed by atoms with Gasteiger partial charge in [-0.25, -0.2) is 18.7 Å². The third kappa shape index (κ3) is 5.83. The first kappa shape index (κ1) is 23.8. The van der Waals surface area contributed by atoms with Crippen LogP contribution in [-0.2, 0) is 0 Å². The summed E-state index contributed by atoms with van der Waals surface area (Å²) >= 11 is 3.17. The molecule has 1 fully saturated rings. The van der Waals surface area contributed by atoms with Crippen LogP contribution in [0.25, 0.3) is 11.3 Å².